The first kappa shape index (κ1) is 25.0. The van der Waals surface area contributed by atoms with E-state index in [1.807, 2.05) is 33.8 Å². The van der Waals surface area contributed by atoms with Crippen molar-refractivity contribution in [2.75, 3.05) is 23.8 Å². The van der Waals surface area contributed by atoms with Gasteiger partial charge in [-0.3, -0.25) is 4.79 Å². The fourth-order valence-corrected chi connectivity index (χ4v) is 3.48. The number of anilines is 3. The monoisotopic (exact) mass is 489 g/mol. The molecule has 0 bridgehead atoms. The molecule has 1 aliphatic rings. The molecule has 11 heteroatoms. The molecule has 1 amide bonds. The van der Waals surface area contributed by atoms with Crippen LogP contribution < -0.4 is 21.7 Å². The molecule has 36 heavy (non-hydrogen) atoms. The third-order valence-electron chi connectivity index (χ3n) is 5.76. The number of fused-ring (bicyclic) bond motifs is 1. The SMILES string of the molecule is Cc1ccc(C(=O)N/C(N)=C/C(=N)C(C)(C)C)cc1Nc1ncnc2cnc(NC3CCOC3)nc12. The van der Waals surface area contributed by atoms with E-state index in [0.29, 0.717) is 53.0 Å². The Labute approximate surface area is 209 Å². The maximum Gasteiger partial charge on any atom is 0.256 e. The first-order chi connectivity index (χ1) is 17.1. The zero-order valence-electron chi connectivity index (χ0n) is 20.8. The molecular formula is C25H31N9O2. The van der Waals surface area contributed by atoms with Crippen LogP contribution in [0.2, 0.25) is 0 Å². The smallest absolute Gasteiger partial charge is 0.256 e. The zero-order chi connectivity index (χ0) is 25.9. The van der Waals surface area contributed by atoms with Crippen LogP contribution in [0.4, 0.5) is 17.5 Å². The number of carbonyl (C=O) groups is 1. The Kier molecular flexibility index (Phi) is 7.11. The molecule has 1 saturated heterocycles. The van der Waals surface area contributed by atoms with E-state index in [-0.39, 0.29) is 23.2 Å². The first-order valence-electron chi connectivity index (χ1n) is 11.7. The van der Waals surface area contributed by atoms with Gasteiger partial charge in [0.15, 0.2) is 5.82 Å². The number of hydrogen-bond donors (Lipinski definition) is 5. The Morgan fingerprint density at radius 3 is 2.78 bits per heavy atom. The second kappa shape index (κ2) is 10.2. The summed E-state index contributed by atoms with van der Waals surface area (Å²) in [6.07, 6.45) is 5.44. The van der Waals surface area contributed by atoms with Gasteiger partial charge in [0.2, 0.25) is 5.95 Å². The van der Waals surface area contributed by atoms with Crippen molar-refractivity contribution in [1.29, 1.82) is 5.41 Å². The van der Waals surface area contributed by atoms with Gasteiger partial charge in [-0.05, 0) is 37.1 Å². The highest BCUT2D eigenvalue weighted by Crippen LogP contribution is 2.25. The Bertz CT molecular complexity index is 1320. The number of hydrogen-bond acceptors (Lipinski definition) is 10. The second-order valence-electron chi connectivity index (χ2n) is 9.73. The van der Waals surface area contributed by atoms with E-state index in [9.17, 15) is 4.79 Å². The molecule has 1 aromatic carbocycles. The van der Waals surface area contributed by atoms with Crippen LogP contribution >= 0.6 is 0 Å². The van der Waals surface area contributed by atoms with E-state index < -0.39 is 0 Å². The molecule has 2 aromatic heterocycles. The van der Waals surface area contributed by atoms with E-state index >= 15 is 0 Å². The van der Waals surface area contributed by atoms with Gasteiger partial charge in [0.1, 0.15) is 23.2 Å². The highest BCUT2D eigenvalue weighted by molar-refractivity contribution is 6.00. The van der Waals surface area contributed by atoms with E-state index in [2.05, 4.69) is 35.9 Å². The van der Waals surface area contributed by atoms with Gasteiger partial charge >= 0.3 is 0 Å². The van der Waals surface area contributed by atoms with E-state index in [1.54, 1.807) is 18.3 Å². The number of amides is 1. The molecule has 11 nitrogen and oxygen atoms in total. The van der Waals surface area contributed by atoms with E-state index in [4.69, 9.17) is 15.9 Å². The topological polar surface area (TPSA) is 164 Å². The average Bonchev–Trinajstić information content (AvgIpc) is 3.33. The summed E-state index contributed by atoms with van der Waals surface area (Å²) < 4.78 is 5.41. The lowest BCUT2D eigenvalue weighted by atomic mass is 9.90. The van der Waals surface area contributed by atoms with Crippen molar-refractivity contribution in [1.82, 2.24) is 25.3 Å². The lowest BCUT2D eigenvalue weighted by Crippen LogP contribution is -2.29. The summed E-state index contributed by atoms with van der Waals surface area (Å²) in [6, 6.07) is 5.43. The lowest BCUT2D eigenvalue weighted by Gasteiger charge is -2.17. The van der Waals surface area contributed by atoms with Crippen molar-refractivity contribution in [3.05, 3.63) is 53.7 Å². The van der Waals surface area contributed by atoms with Crippen LogP contribution in [0.15, 0.2) is 42.6 Å². The van der Waals surface area contributed by atoms with Crippen molar-refractivity contribution < 1.29 is 9.53 Å². The largest absolute Gasteiger partial charge is 0.385 e. The molecule has 1 aliphatic heterocycles. The number of nitrogens with two attached hydrogens (primary N) is 1. The van der Waals surface area contributed by atoms with Gasteiger partial charge in [0.25, 0.3) is 5.91 Å². The number of aromatic nitrogens is 4. The van der Waals surface area contributed by atoms with Crippen molar-refractivity contribution in [3.8, 4) is 0 Å². The van der Waals surface area contributed by atoms with Gasteiger partial charge in [-0.25, -0.2) is 19.9 Å². The van der Waals surface area contributed by atoms with Crippen LogP contribution in [0.3, 0.4) is 0 Å². The van der Waals surface area contributed by atoms with E-state index in [0.717, 1.165) is 12.0 Å². The summed E-state index contributed by atoms with van der Waals surface area (Å²) in [5.41, 5.74) is 9.04. The third-order valence-corrected chi connectivity index (χ3v) is 5.76. The number of nitrogens with one attached hydrogen (secondary N) is 4. The zero-order valence-corrected chi connectivity index (χ0v) is 20.8. The van der Waals surface area contributed by atoms with Crippen LogP contribution in [0.25, 0.3) is 11.0 Å². The molecule has 1 atom stereocenters. The molecule has 1 fully saturated rings. The highest BCUT2D eigenvalue weighted by Gasteiger charge is 2.18. The van der Waals surface area contributed by atoms with Gasteiger partial charge in [0, 0.05) is 29.0 Å². The second-order valence-corrected chi connectivity index (χ2v) is 9.73. The molecule has 3 aromatic rings. The summed E-state index contributed by atoms with van der Waals surface area (Å²) in [7, 11) is 0. The fraction of sp³-hybridized carbons (Fsp3) is 0.360. The predicted molar refractivity (Wildman–Crippen MR) is 139 cm³/mol. The van der Waals surface area contributed by atoms with E-state index in [1.165, 1.54) is 12.4 Å². The molecule has 4 rings (SSSR count). The number of rotatable bonds is 7. The minimum Gasteiger partial charge on any atom is -0.385 e. The number of aryl methyl sites for hydroxylation is 1. The van der Waals surface area contributed by atoms with Crippen molar-refractivity contribution in [2.24, 2.45) is 11.1 Å². The van der Waals surface area contributed by atoms with Gasteiger partial charge in [-0.1, -0.05) is 26.8 Å². The number of benzene rings is 1. The summed E-state index contributed by atoms with van der Waals surface area (Å²) in [5, 5.41) is 17.3. The maximum atomic E-state index is 12.8. The average molecular weight is 490 g/mol. The highest BCUT2D eigenvalue weighted by atomic mass is 16.5. The Balaban J connectivity index is 1.56. The van der Waals surface area contributed by atoms with Crippen LogP contribution in [0.1, 0.15) is 43.1 Å². The predicted octanol–water partition coefficient (Wildman–Crippen LogP) is 3.27. The fourth-order valence-electron chi connectivity index (χ4n) is 3.48. The molecule has 0 radical (unpaired) electrons. The molecule has 0 aliphatic carbocycles. The van der Waals surface area contributed by atoms with Crippen LogP contribution in [0.5, 0.6) is 0 Å². The Hall–Kier alpha value is -4.12. The quantitative estimate of drug-likeness (QED) is 0.313. The van der Waals surface area contributed by atoms with Gasteiger partial charge in [-0.2, -0.15) is 0 Å². The van der Waals surface area contributed by atoms with Crippen LogP contribution in [-0.2, 0) is 4.74 Å². The molecule has 1 unspecified atom stereocenters. The molecule has 188 valence electrons. The first-order valence-corrected chi connectivity index (χ1v) is 11.7. The van der Waals surface area contributed by atoms with Crippen LogP contribution in [0, 0.1) is 17.7 Å². The number of nitrogens with zero attached hydrogens (tertiary/aromatic N) is 4. The minimum atomic E-state index is -0.381. The number of ether oxygens (including phenoxy) is 1. The van der Waals surface area contributed by atoms with Crippen molar-refractivity contribution >= 4 is 40.1 Å². The van der Waals surface area contributed by atoms with Crippen LogP contribution in [-0.4, -0.2) is 50.8 Å². The number of carbonyl (C=O) groups excluding carboxylic acids is 1. The van der Waals surface area contributed by atoms with Gasteiger partial charge in [0.05, 0.1) is 18.8 Å². The normalized spacial score (nSPS) is 16.1. The Morgan fingerprint density at radius 2 is 2.06 bits per heavy atom. The Morgan fingerprint density at radius 1 is 1.25 bits per heavy atom. The summed E-state index contributed by atoms with van der Waals surface area (Å²) in [5.74, 6) is 0.699. The molecule has 0 saturated carbocycles. The maximum absolute atomic E-state index is 12.8. The van der Waals surface area contributed by atoms with Crippen molar-refractivity contribution in [2.45, 2.75) is 40.2 Å². The lowest BCUT2D eigenvalue weighted by molar-refractivity contribution is 0.0965. The summed E-state index contributed by atoms with van der Waals surface area (Å²) in [4.78, 5) is 30.4. The van der Waals surface area contributed by atoms with Crippen molar-refractivity contribution in [3.63, 3.8) is 0 Å². The van der Waals surface area contributed by atoms with Gasteiger partial charge in [-0.15, -0.1) is 0 Å². The third kappa shape index (κ3) is 5.92. The summed E-state index contributed by atoms with van der Waals surface area (Å²) >= 11 is 0. The number of allylic oxidation sites excluding steroid dienone is 1. The molecular weight excluding hydrogens is 458 g/mol. The standard InChI is InChI=1S/C25H31N9O2/c1-14-5-6-15(23(35)33-20(27)10-19(26)25(2,3)4)9-17(14)32-22-21-18(29-13-30-22)11-28-24(34-21)31-16-7-8-36-12-16/h5-6,9-11,13,16,26H,7-8,12,27H2,1-4H3,(H,33,35)(H,28,31,34)(H,29,30,32)/b20-10+,26-19?. The molecule has 0 spiro atoms. The summed E-state index contributed by atoms with van der Waals surface area (Å²) in [6.45, 7) is 8.97. The minimum absolute atomic E-state index is 0.112. The molecule has 6 N–H and O–H groups in total. The molecule has 3 heterocycles. The van der Waals surface area contributed by atoms with Gasteiger partial charge < -0.3 is 31.8 Å².